The molecule has 0 unspecified atom stereocenters. The summed E-state index contributed by atoms with van der Waals surface area (Å²) in [5.74, 6) is 3.68. The number of benzene rings is 2. The van der Waals surface area contributed by atoms with Crippen molar-refractivity contribution in [2.45, 2.75) is 92.2 Å². The Hall–Kier alpha value is -1.74. The van der Waals surface area contributed by atoms with E-state index in [1.54, 1.807) is 0 Å². The van der Waals surface area contributed by atoms with Gasteiger partial charge in [0.1, 0.15) is 11.5 Å². The van der Waals surface area contributed by atoms with E-state index in [0.717, 1.165) is 11.5 Å². The standard InChI is InChI=1S/C26H40O2Si/c1-17(2)21-13-11-14-22(18(3)4)25(21)27-29(9,10)28-26-23(19(5)6)15-12-16-24(26)20(7)8/h11-20H,1-10H3. The second kappa shape index (κ2) is 9.38. The van der Waals surface area contributed by atoms with Crippen LogP contribution in [-0.4, -0.2) is 8.56 Å². The van der Waals surface area contributed by atoms with Gasteiger partial charge in [0.15, 0.2) is 0 Å². The lowest BCUT2D eigenvalue weighted by Gasteiger charge is -2.31. The zero-order chi connectivity index (χ0) is 21.9. The Bertz CT molecular complexity index is 699. The van der Waals surface area contributed by atoms with E-state index in [-0.39, 0.29) is 0 Å². The first-order chi connectivity index (χ1) is 13.4. The Morgan fingerprint density at radius 1 is 0.517 bits per heavy atom. The van der Waals surface area contributed by atoms with Crippen molar-refractivity contribution in [3.63, 3.8) is 0 Å². The molecule has 0 heterocycles. The smallest absolute Gasteiger partial charge is 0.454 e. The van der Waals surface area contributed by atoms with Gasteiger partial charge in [-0.3, -0.25) is 0 Å². The van der Waals surface area contributed by atoms with Gasteiger partial charge in [-0.15, -0.1) is 0 Å². The maximum absolute atomic E-state index is 6.78. The number of hydrogen-bond donors (Lipinski definition) is 0. The molecule has 0 amide bonds. The SMILES string of the molecule is CC(C)c1cccc(C(C)C)c1O[Si](C)(C)Oc1c(C(C)C)cccc1C(C)C. The average molecular weight is 413 g/mol. The van der Waals surface area contributed by atoms with E-state index in [1.165, 1.54) is 22.3 Å². The summed E-state index contributed by atoms with van der Waals surface area (Å²) in [4.78, 5) is 0. The van der Waals surface area contributed by atoms with E-state index in [1.807, 2.05) is 0 Å². The van der Waals surface area contributed by atoms with Gasteiger partial charge in [-0.2, -0.15) is 0 Å². The molecule has 2 nitrogen and oxygen atoms in total. The van der Waals surface area contributed by atoms with Crippen LogP contribution in [0.2, 0.25) is 13.1 Å². The highest BCUT2D eigenvalue weighted by Gasteiger charge is 2.34. The number of hydrogen-bond acceptors (Lipinski definition) is 2. The van der Waals surface area contributed by atoms with Crippen molar-refractivity contribution >= 4 is 8.56 Å². The van der Waals surface area contributed by atoms with Crippen molar-refractivity contribution in [1.82, 2.24) is 0 Å². The molecule has 0 radical (unpaired) electrons. The fourth-order valence-corrected chi connectivity index (χ4v) is 5.21. The Morgan fingerprint density at radius 3 is 0.966 bits per heavy atom. The molecule has 3 heteroatoms. The highest BCUT2D eigenvalue weighted by molar-refractivity contribution is 6.66. The summed E-state index contributed by atoms with van der Waals surface area (Å²) in [7, 11) is -2.49. The van der Waals surface area contributed by atoms with Crippen molar-refractivity contribution < 1.29 is 8.85 Å². The summed E-state index contributed by atoms with van der Waals surface area (Å²) in [5, 5.41) is 0. The van der Waals surface area contributed by atoms with E-state index >= 15 is 0 Å². The lowest BCUT2D eigenvalue weighted by molar-refractivity contribution is 0.385. The van der Waals surface area contributed by atoms with Crippen LogP contribution in [0.25, 0.3) is 0 Å². The maximum atomic E-state index is 6.78. The third-order valence-corrected chi connectivity index (χ3v) is 6.73. The molecule has 2 aromatic rings. The van der Waals surface area contributed by atoms with E-state index in [0.29, 0.717) is 23.7 Å². The lowest BCUT2D eigenvalue weighted by Crippen LogP contribution is -2.43. The summed E-state index contributed by atoms with van der Waals surface area (Å²) >= 11 is 0. The van der Waals surface area contributed by atoms with E-state index in [2.05, 4.69) is 105 Å². The number of rotatable bonds is 8. The van der Waals surface area contributed by atoms with Crippen LogP contribution >= 0.6 is 0 Å². The van der Waals surface area contributed by atoms with Gasteiger partial charge in [0.05, 0.1) is 0 Å². The molecule has 0 fully saturated rings. The van der Waals surface area contributed by atoms with Crippen LogP contribution in [0, 0.1) is 0 Å². The van der Waals surface area contributed by atoms with E-state index in [4.69, 9.17) is 8.85 Å². The Morgan fingerprint density at radius 2 is 0.759 bits per heavy atom. The summed E-state index contributed by atoms with van der Waals surface area (Å²) in [5.41, 5.74) is 5.06. The van der Waals surface area contributed by atoms with Crippen LogP contribution in [0.15, 0.2) is 36.4 Å². The first-order valence-electron chi connectivity index (χ1n) is 11.1. The van der Waals surface area contributed by atoms with Crippen molar-refractivity contribution in [2.75, 3.05) is 0 Å². The van der Waals surface area contributed by atoms with Crippen LogP contribution in [-0.2, 0) is 0 Å². The summed E-state index contributed by atoms with van der Waals surface area (Å²) < 4.78 is 13.6. The third kappa shape index (κ3) is 5.66. The maximum Gasteiger partial charge on any atom is 0.454 e. The first kappa shape index (κ1) is 23.5. The Balaban J connectivity index is 2.50. The molecule has 2 rings (SSSR count). The monoisotopic (exact) mass is 412 g/mol. The van der Waals surface area contributed by atoms with E-state index in [9.17, 15) is 0 Å². The molecule has 0 aliphatic rings. The highest BCUT2D eigenvalue weighted by atomic mass is 28.4. The minimum atomic E-state index is -2.49. The van der Waals surface area contributed by atoms with Gasteiger partial charge in [-0.05, 0) is 45.9 Å². The summed E-state index contributed by atoms with van der Waals surface area (Å²) in [6.45, 7) is 22.2. The van der Waals surface area contributed by atoms with Crippen LogP contribution < -0.4 is 8.85 Å². The average Bonchev–Trinajstić information content (AvgIpc) is 2.60. The predicted octanol–water partition coefficient (Wildman–Crippen LogP) is 8.34. The summed E-state index contributed by atoms with van der Waals surface area (Å²) in [6.07, 6.45) is 0. The van der Waals surface area contributed by atoms with Crippen molar-refractivity contribution in [3.8, 4) is 11.5 Å². The van der Waals surface area contributed by atoms with Gasteiger partial charge < -0.3 is 8.85 Å². The van der Waals surface area contributed by atoms with Crippen LogP contribution in [0.4, 0.5) is 0 Å². The molecule has 160 valence electrons. The van der Waals surface area contributed by atoms with Crippen LogP contribution in [0.5, 0.6) is 11.5 Å². The van der Waals surface area contributed by atoms with Gasteiger partial charge in [-0.1, -0.05) is 91.8 Å². The lowest BCUT2D eigenvalue weighted by atomic mass is 9.94. The Labute approximate surface area is 179 Å². The predicted molar refractivity (Wildman–Crippen MR) is 128 cm³/mol. The zero-order valence-electron chi connectivity index (χ0n) is 20.1. The second-order valence-electron chi connectivity index (χ2n) is 9.75. The molecular weight excluding hydrogens is 372 g/mol. The number of para-hydroxylation sites is 2. The molecule has 0 saturated carbocycles. The highest BCUT2D eigenvalue weighted by Crippen LogP contribution is 2.39. The van der Waals surface area contributed by atoms with E-state index < -0.39 is 8.56 Å². The largest absolute Gasteiger partial charge is 0.512 e. The first-order valence-corrected chi connectivity index (χ1v) is 13.9. The van der Waals surface area contributed by atoms with Gasteiger partial charge in [0.2, 0.25) is 0 Å². The minimum Gasteiger partial charge on any atom is -0.512 e. The normalized spacial score (nSPS) is 12.3. The molecule has 0 bridgehead atoms. The molecule has 0 aliphatic carbocycles. The van der Waals surface area contributed by atoms with Crippen molar-refractivity contribution in [3.05, 3.63) is 58.7 Å². The molecule has 2 aromatic carbocycles. The topological polar surface area (TPSA) is 18.5 Å². The molecule has 0 aliphatic heterocycles. The molecule has 0 saturated heterocycles. The molecule has 0 aromatic heterocycles. The molecular formula is C26H40O2Si. The Kier molecular flexibility index (Phi) is 7.61. The quantitative estimate of drug-likeness (QED) is 0.406. The van der Waals surface area contributed by atoms with Gasteiger partial charge in [-0.25, -0.2) is 0 Å². The molecule has 0 atom stereocenters. The zero-order valence-corrected chi connectivity index (χ0v) is 21.1. The molecule has 0 spiro atoms. The van der Waals surface area contributed by atoms with Crippen molar-refractivity contribution in [1.29, 1.82) is 0 Å². The summed E-state index contributed by atoms with van der Waals surface area (Å²) in [6, 6.07) is 13.1. The minimum absolute atomic E-state index is 0.405. The van der Waals surface area contributed by atoms with Crippen LogP contribution in [0.1, 0.15) is 101 Å². The van der Waals surface area contributed by atoms with Crippen molar-refractivity contribution in [2.24, 2.45) is 0 Å². The van der Waals surface area contributed by atoms with Crippen LogP contribution in [0.3, 0.4) is 0 Å². The molecule has 0 N–H and O–H groups in total. The van der Waals surface area contributed by atoms with Gasteiger partial charge in [0.25, 0.3) is 0 Å². The van der Waals surface area contributed by atoms with Gasteiger partial charge in [0, 0.05) is 13.1 Å². The molecule has 29 heavy (non-hydrogen) atoms. The third-order valence-electron chi connectivity index (χ3n) is 5.34. The second-order valence-corrected chi connectivity index (χ2v) is 13.0. The fraction of sp³-hybridized carbons (Fsp3) is 0.538. The van der Waals surface area contributed by atoms with Gasteiger partial charge >= 0.3 is 8.56 Å². The fourth-order valence-electron chi connectivity index (χ4n) is 3.71.